The third-order valence-corrected chi connectivity index (χ3v) is 4.84. The molecule has 0 N–H and O–H groups in total. The Morgan fingerprint density at radius 3 is 2.26 bits per heavy atom. The molecule has 0 unspecified atom stereocenters. The lowest BCUT2D eigenvalue weighted by Crippen LogP contribution is -2.50. The molecule has 5 heteroatoms. The van der Waals surface area contributed by atoms with Gasteiger partial charge in [0.1, 0.15) is 11.5 Å². The summed E-state index contributed by atoms with van der Waals surface area (Å²) in [7, 11) is 0. The van der Waals surface area contributed by atoms with Crippen LogP contribution in [0, 0.1) is 0 Å². The maximum Gasteiger partial charge on any atom is 0.260 e. The van der Waals surface area contributed by atoms with Gasteiger partial charge in [0.05, 0.1) is 12.3 Å². The summed E-state index contributed by atoms with van der Waals surface area (Å²) in [6, 6.07) is 16.0. The average Bonchev–Trinajstić information content (AvgIpc) is 2.73. The first-order chi connectivity index (χ1) is 13.2. The smallest absolute Gasteiger partial charge is 0.260 e. The quantitative estimate of drug-likeness (QED) is 0.751. The van der Waals surface area contributed by atoms with Crippen LogP contribution >= 0.6 is 0 Å². The summed E-state index contributed by atoms with van der Waals surface area (Å²) >= 11 is 0. The molecule has 1 aliphatic heterocycles. The van der Waals surface area contributed by atoms with Gasteiger partial charge in [0.2, 0.25) is 0 Å². The Balaban J connectivity index is 1.54. The zero-order valence-electron chi connectivity index (χ0n) is 16.2. The number of nitrogens with zero attached hydrogens (tertiary/aromatic N) is 2. The molecule has 0 bridgehead atoms. The van der Waals surface area contributed by atoms with Gasteiger partial charge in [0.25, 0.3) is 5.91 Å². The van der Waals surface area contributed by atoms with Gasteiger partial charge in [-0.15, -0.1) is 0 Å². The monoisotopic (exact) mass is 368 g/mol. The zero-order valence-corrected chi connectivity index (χ0v) is 16.2. The van der Waals surface area contributed by atoms with Crippen molar-refractivity contribution in [1.82, 2.24) is 4.90 Å². The van der Waals surface area contributed by atoms with Crippen molar-refractivity contribution < 1.29 is 14.3 Å². The van der Waals surface area contributed by atoms with Crippen LogP contribution in [0.15, 0.2) is 48.5 Å². The van der Waals surface area contributed by atoms with Gasteiger partial charge >= 0.3 is 0 Å². The fourth-order valence-electron chi connectivity index (χ4n) is 3.36. The van der Waals surface area contributed by atoms with Crippen molar-refractivity contribution in [3.05, 3.63) is 54.1 Å². The van der Waals surface area contributed by atoms with E-state index in [9.17, 15) is 4.79 Å². The van der Waals surface area contributed by atoms with Crippen LogP contribution in [-0.4, -0.2) is 50.2 Å². The fourth-order valence-corrected chi connectivity index (χ4v) is 3.36. The van der Waals surface area contributed by atoms with Crippen molar-refractivity contribution in [3.63, 3.8) is 0 Å². The number of carbonyl (C=O) groups excluding carboxylic acids is 1. The molecule has 1 aliphatic rings. The second-order valence-corrected chi connectivity index (χ2v) is 6.52. The Bertz CT molecular complexity index is 755. The first-order valence-electron chi connectivity index (χ1n) is 9.68. The Hall–Kier alpha value is -2.69. The number of carbonyl (C=O) groups is 1. The standard InChI is InChI=1S/C22H28N2O3/c1-3-18-9-5-7-11-20(18)27-17-22(25)24-15-13-23(14-16-24)19-10-6-8-12-21(19)26-4-2/h5-12H,3-4,13-17H2,1-2H3. The maximum atomic E-state index is 12.5. The number of piperazine rings is 1. The number of ether oxygens (including phenoxy) is 2. The molecule has 3 rings (SSSR count). The molecule has 0 atom stereocenters. The number of para-hydroxylation sites is 3. The SMILES string of the molecule is CCOc1ccccc1N1CCN(C(=O)COc2ccccc2CC)CC1. The number of anilines is 1. The molecule has 0 radical (unpaired) electrons. The minimum atomic E-state index is 0.0404. The van der Waals surface area contributed by atoms with Crippen molar-refractivity contribution in [2.45, 2.75) is 20.3 Å². The lowest BCUT2D eigenvalue weighted by Gasteiger charge is -2.36. The molecule has 1 saturated heterocycles. The summed E-state index contributed by atoms with van der Waals surface area (Å²) in [5, 5.41) is 0. The molecule has 27 heavy (non-hydrogen) atoms. The fraction of sp³-hybridized carbons (Fsp3) is 0.409. The minimum absolute atomic E-state index is 0.0404. The van der Waals surface area contributed by atoms with Crippen LogP contribution in [-0.2, 0) is 11.2 Å². The maximum absolute atomic E-state index is 12.5. The van der Waals surface area contributed by atoms with Crippen LogP contribution < -0.4 is 14.4 Å². The summed E-state index contributed by atoms with van der Waals surface area (Å²) < 4.78 is 11.5. The van der Waals surface area contributed by atoms with Crippen LogP contribution in [0.2, 0.25) is 0 Å². The van der Waals surface area contributed by atoms with Crippen LogP contribution in [0.5, 0.6) is 11.5 Å². The van der Waals surface area contributed by atoms with Crippen LogP contribution in [0.1, 0.15) is 19.4 Å². The van der Waals surface area contributed by atoms with Crippen molar-refractivity contribution in [3.8, 4) is 11.5 Å². The molecule has 1 heterocycles. The van der Waals surface area contributed by atoms with Gasteiger partial charge in [-0.2, -0.15) is 0 Å². The third-order valence-electron chi connectivity index (χ3n) is 4.84. The number of aryl methyl sites for hydroxylation is 1. The van der Waals surface area contributed by atoms with E-state index in [4.69, 9.17) is 9.47 Å². The van der Waals surface area contributed by atoms with E-state index in [1.54, 1.807) is 0 Å². The number of benzene rings is 2. The summed E-state index contributed by atoms with van der Waals surface area (Å²) in [6.07, 6.45) is 0.891. The Labute approximate surface area is 161 Å². The molecule has 1 fully saturated rings. The van der Waals surface area contributed by atoms with E-state index in [0.717, 1.165) is 42.3 Å². The molecule has 0 saturated carbocycles. The van der Waals surface area contributed by atoms with Gasteiger partial charge < -0.3 is 19.3 Å². The van der Waals surface area contributed by atoms with Crippen molar-refractivity contribution >= 4 is 11.6 Å². The molecule has 0 spiro atoms. The van der Waals surface area contributed by atoms with Crippen molar-refractivity contribution in [2.24, 2.45) is 0 Å². The van der Waals surface area contributed by atoms with E-state index >= 15 is 0 Å². The zero-order chi connectivity index (χ0) is 19.1. The molecule has 5 nitrogen and oxygen atoms in total. The van der Waals surface area contributed by atoms with Crippen LogP contribution in [0.3, 0.4) is 0 Å². The highest BCUT2D eigenvalue weighted by Gasteiger charge is 2.23. The molecular weight excluding hydrogens is 340 g/mol. The average molecular weight is 368 g/mol. The van der Waals surface area contributed by atoms with Gasteiger partial charge in [-0.05, 0) is 37.1 Å². The first kappa shape index (κ1) is 19.1. The number of rotatable bonds is 7. The lowest BCUT2D eigenvalue weighted by atomic mass is 10.1. The highest BCUT2D eigenvalue weighted by Crippen LogP contribution is 2.28. The van der Waals surface area contributed by atoms with Gasteiger partial charge in [-0.3, -0.25) is 4.79 Å². The second kappa shape index (κ2) is 9.31. The van der Waals surface area contributed by atoms with E-state index in [1.165, 1.54) is 0 Å². The van der Waals surface area contributed by atoms with Crippen LogP contribution in [0.25, 0.3) is 0 Å². The number of hydrogen-bond donors (Lipinski definition) is 0. The summed E-state index contributed by atoms with van der Waals surface area (Å²) in [6.45, 7) is 7.78. The summed E-state index contributed by atoms with van der Waals surface area (Å²) in [4.78, 5) is 16.7. The van der Waals surface area contributed by atoms with E-state index in [1.807, 2.05) is 54.3 Å². The highest BCUT2D eigenvalue weighted by molar-refractivity contribution is 5.78. The summed E-state index contributed by atoms with van der Waals surface area (Å²) in [5.74, 6) is 1.75. The van der Waals surface area contributed by atoms with Crippen molar-refractivity contribution in [1.29, 1.82) is 0 Å². The van der Waals surface area contributed by atoms with Gasteiger partial charge in [0, 0.05) is 26.2 Å². The lowest BCUT2D eigenvalue weighted by molar-refractivity contribution is -0.133. The predicted molar refractivity (Wildman–Crippen MR) is 108 cm³/mol. The topological polar surface area (TPSA) is 42.0 Å². The molecule has 1 amide bonds. The third kappa shape index (κ3) is 4.73. The largest absolute Gasteiger partial charge is 0.492 e. The van der Waals surface area contributed by atoms with E-state index in [-0.39, 0.29) is 12.5 Å². The van der Waals surface area contributed by atoms with Crippen molar-refractivity contribution in [2.75, 3.05) is 44.3 Å². The minimum Gasteiger partial charge on any atom is -0.492 e. The Morgan fingerprint density at radius 2 is 1.56 bits per heavy atom. The molecule has 2 aromatic rings. The van der Waals surface area contributed by atoms with Gasteiger partial charge in [-0.1, -0.05) is 37.3 Å². The first-order valence-corrected chi connectivity index (χ1v) is 9.68. The normalized spacial score (nSPS) is 14.1. The van der Waals surface area contributed by atoms with Crippen LogP contribution in [0.4, 0.5) is 5.69 Å². The van der Waals surface area contributed by atoms with Gasteiger partial charge in [-0.25, -0.2) is 0 Å². The molecule has 144 valence electrons. The Morgan fingerprint density at radius 1 is 0.889 bits per heavy atom. The van der Waals surface area contributed by atoms with E-state index < -0.39 is 0 Å². The molecular formula is C22H28N2O3. The predicted octanol–water partition coefficient (Wildman–Crippen LogP) is 3.38. The highest BCUT2D eigenvalue weighted by atomic mass is 16.5. The Kier molecular flexibility index (Phi) is 6.58. The molecule has 0 aromatic heterocycles. The van der Waals surface area contributed by atoms with E-state index in [2.05, 4.69) is 17.9 Å². The number of amides is 1. The second-order valence-electron chi connectivity index (χ2n) is 6.52. The van der Waals surface area contributed by atoms with Gasteiger partial charge in [0.15, 0.2) is 6.61 Å². The summed E-state index contributed by atoms with van der Waals surface area (Å²) in [5.41, 5.74) is 2.22. The number of hydrogen-bond acceptors (Lipinski definition) is 4. The van der Waals surface area contributed by atoms with E-state index in [0.29, 0.717) is 19.7 Å². The molecule has 0 aliphatic carbocycles. The molecule has 2 aromatic carbocycles.